The van der Waals surface area contributed by atoms with Crippen molar-refractivity contribution in [3.8, 4) is 0 Å². The molecule has 0 aliphatic carbocycles. The van der Waals surface area contributed by atoms with E-state index >= 15 is 0 Å². The number of likely N-dealkylation sites (N-methyl/N-ethyl adjacent to an activating group) is 1. The molecule has 5 heterocycles. The van der Waals surface area contributed by atoms with E-state index in [1.54, 1.807) is 0 Å². The zero-order chi connectivity index (χ0) is 26.1. The lowest BCUT2D eigenvalue weighted by Crippen LogP contribution is -2.65. The molecule has 1 saturated heterocycles. The number of carbonyl (C=O) groups excluding carboxylic acids is 1. The van der Waals surface area contributed by atoms with E-state index in [-0.39, 0.29) is 24.3 Å². The molecular formula is C31H33N4O3+. The van der Waals surface area contributed by atoms with Gasteiger partial charge in [0.2, 0.25) is 0 Å². The van der Waals surface area contributed by atoms with E-state index in [1.165, 1.54) is 0 Å². The summed E-state index contributed by atoms with van der Waals surface area (Å²) in [4.78, 5) is 13.5. The van der Waals surface area contributed by atoms with Gasteiger partial charge in [-0.25, -0.2) is 0 Å². The highest BCUT2D eigenvalue weighted by Crippen LogP contribution is 2.54. The Morgan fingerprint density at radius 2 is 1.74 bits per heavy atom. The quantitative estimate of drug-likeness (QED) is 0.339. The van der Waals surface area contributed by atoms with Crippen molar-refractivity contribution in [2.75, 3.05) is 27.7 Å². The number of quaternary nitrogens is 1. The zero-order valence-electron chi connectivity index (χ0n) is 22.5. The Bertz CT molecular complexity index is 1850. The monoisotopic (exact) mass is 509 g/mol. The molecule has 8 rings (SSSR count). The van der Waals surface area contributed by atoms with Gasteiger partial charge in [-0.2, -0.15) is 0 Å². The minimum Gasteiger partial charge on any atom is -0.370 e. The first kappa shape index (κ1) is 22.6. The maximum atomic E-state index is 13.5. The molecule has 2 bridgehead atoms. The molecule has 3 aliphatic heterocycles. The van der Waals surface area contributed by atoms with Crippen molar-refractivity contribution in [2.24, 2.45) is 0 Å². The Labute approximate surface area is 221 Å². The lowest BCUT2D eigenvalue weighted by Gasteiger charge is -2.52. The maximum absolute atomic E-state index is 13.5. The first-order valence-electron chi connectivity index (χ1n) is 13.6. The zero-order valence-corrected chi connectivity index (χ0v) is 22.5. The van der Waals surface area contributed by atoms with Gasteiger partial charge in [-0.05, 0) is 31.5 Å². The van der Waals surface area contributed by atoms with Crippen molar-refractivity contribution >= 4 is 49.5 Å². The summed E-state index contributed by atoms with van der Waals surface area (Å²) in [5.41, 5.74) is 5.61. The number of amides is 1. The van der Waals surface area contributed by atoms with Gasteiger partial charge in [0.25, 0.3) is 5.91 Å². The topological polar surface area (TPSA) is 57.4 Å². The van der Waals surface area contributed by atoms with Crippen LogP contribution in [0.15, 0.2) is 48.5 Å². The number of nitrogens with one attached hydrogen (secondary N) is 1. The van der Waals surface area contributed by atoms with E-state index < -0.39 is 5.72 Å². The van der Waals surface area contributed by atoms with Crippen molar-refractivity contribution in [3.63, 3.8) is 0 Å². The number of hydrogen-bond acceptors (Lipinski definition) is 3. The Hall–Kier alpha value is -3.39. The van der Waals surface area contributed by atoms with Gasteiger partial charge < -0.3 is 28.4 Å². The Morgan fingerprint density at radius 3 is 2.45 bits per heavy atom. The number of carbonyl (C=O) groups is 1. The van der Waals surface area contributed by atoms with Crippen LogP contribution < -0.4 is 5.32 Å². The Balaban J connectivity index is 1.67. The minimum atomic E-state index is -0.758. The summed E-state index contributed by atoms with van der Waals surface area (Å²) in [6.07, 6.45) is 0.440. The molecule has 7 heteroatoms. The molecule has 4 atom stereocenters. The van der Waals surface area contributed by atoms with Gasteiger partial charge in [0, 0.05) is 41.6 Å². The second-order valence-electron chi connectivity index (χ2n) is 11.9. The molecule has 1 N–H and O–H groups in total. The van der Waals surface area contributed by atoms with Crippen molar-refractivity contribution in [2.45, 2.75) is 50.9 Å². The van der Waals surface area contributed by atoms with E-state index in [1.807, 2.05) is 7.11 Å². The number of benzene rings is 3. The van der Waals surface area contributed by atoms with Crippen molar-refractivity contribution in [3.05, 3.63) is 59.7 Å². The lowest BCUT2D eigenvalue weighted by atomic mass is 9.90. The molecule has 194 valence electrons. The first-order chi connectivity index (χ1) is 18.3. The average molecular weight is 510 g/mol. The van der Waals surface area contributed by atoms with E-state index in [2.05, 4.69) is 90.9 Å². The molecule has 0 saturated carbocycles. The predicted molar refractivity (Wildman–Crippen MR) is 149 cm³/mol. The normalized spacial score (nSPS) is 26.6. The van der Waals surface area contributed by atoms with Crippen LogP contribution in [0.4, 0.5) is 0 Å². The third-order valence-electron chi connectivity index (χ3n) is 9.91. The summed E-state index contributed by atoms with van der Waals surface area (Å²) >= 11 is 0. The van der Waals surface area contributed by atoms with Crippen molar-refractivity contribution in [1.29, 1.82) is 0 Å². The molecular weight excluding hydrogens is 476 g/mol. The summed E-state index contributed by atoms with van der Waals surface area (Å²) in [7, 11) is 6.43. The van der Waals surface area contributed by atoms with E-state index in [0.717, 1.165) is 72.2 Å². The molecule has 3 aromatic carbocycles. The molecule has 2 aromatic heterocycles. The lowest BCUT2D eigenvalue weighted by molar-refractivity contribution is -0.921. The van der Waals surface area contributed by atoms with Crippen molar-refractivity contribution in [1.82, 2.24) is 14.5 Å². The SMILES string of the molecule is CC[N+](C)(C)[C@H]1C[C@@H]2O[C@](C)([C@H]1OC)n1c3ccccc3c3c4c(c5c6ccccc6n2c5c31)C(=O)NC4. The van der Waals surface area contributed by atoms with Crippen LogP contribution in [-0.4, -0.2) is 59.4 Å². The highest BCUT2D eigenvalue weighted by molar-refractivity contribution is 6.31. The van der Waals surface area contributed by atoms with Gasteiger partial charge in [0.1, 0.15) is 12.3 Å². The largest absolute Gasteiger partial charge is 0.370 e. The summed E-state index contributed by atoms with van der Waals surface area (Å²) in [5.74, 6) is 0.0115. The van der Waals surface area contributed by atoms with Gasteiger partial charge in [-0.15, -0.1) is 0 Å². The first-order valence-corrected chi connectivity index (χ1v) is 13.6. The van der Waals surface area contributed by atoms with E-state index in [9.17, 15) is 4.79 Å². The smallest absolute Gasteiger partial charge is 0.252 e. The van der Waals surface area contributed by atoms with Gasteiger partial charge in [-0.3, -0.25) is 4.79 Å². The standard InChI is InChI=1S/C31H32N4O3/c1-6-35(3,4)22-15-23-33-20-13-9-7-11-17(20)25-26-19(16-32-30(26)36)24-18-12-8-10-14-21(18)34(28(24)27(25)33)31(2,38-23)29(22)37-5/h7-14,22-23,29H,6,15-16H2,1-5H3/p+1/t22-,23-,29-,31+/m0/s1. The van der Waals surface area contributed by atoms with E-state index in [4.69, 9.17) is 9.47 Å². The van der Waals surface area contributed by atoms with Gasteiger partial charge in [0.15, 0.2) is 11.8 Å². The highest BCUT2D eigenvalue weighted by Gasteiger charge is 2.57. The third-order valence-corrected chi connectivity index (χ3v) is 9.91. The highest BCUT2D eigenvalue weighted by atomic mass is 16.6. The Morgan fingerprint density at radius 1 is 1.05 bits per heavy atom. The van der Waals surface area contributed by atoms with Crippen LogP contribution in [0.25, 0.3) is 43.6 Å². The summed E-state index contributed by atoms with van der Waals surface area (Å²) in [6.45, 7) is 5.97. The van der Waals surface area contributed by atoms with E-state index in [0.29, 0.717) is 6.54 Å². The average Bonchev–Trinajstić information content (AvgIpc) is 3.56. The number of para-hydroxylation sites is 2. The molecule has 1 fully saturated rings. The summed E-state index contributed by atoms with van der Waals surface area (Å²) in [5, 5.41) is 7.60. The van der Waals surface area contributed by atoms with Gasteiger partial charge in [-0.1, -0.05) is 36.4 Å². The number of fused-ring (bicyclic) bond motifs is 13. The summed E-state index contributed by atoms with van der Waals surface area (Å²) in [6, 6.07) is 17.3. The van der Waals surface area contributed by atoms with Crippen LogP contribution >= 0.6 is 0 Å². The van der Waals surface area contributed by atoms with Crippen LogP contribution in [0.3, 0.4) is 0 Å². The second kappa shape index (κ2) is 7.17. The van der Waals surface area contributed by atoms with Crippen molar-refractivity contribution < 1.29 is 18.8 Å². The number of aromatic nitrogens is 2. The molecule has 7 nitrogen and oxygen atoms in total. The Kier molecular flexibility index (Phi) is 4.26. The molecule has 0 radical (unpaired) electrons. The van der Waals surface area contributed by atoms with Crippen LogP contribution in [-0.2, 0) is 21.7 Å². The number of nitrogens with zero attached hydrogens (tertiary/aromatic N) is 3. The van der Waals surface area contributed by atoms with Crippen LogP contribution in [0.2, 0.25) is 0 Å². The van der Waals surface area contributed by atoms with Crippen LogP contribution in [0.1, 0.15) is 42.4 Å². The number of rotatable bonds is 3. The molecule has 1 amide bonds. The molecule has 0 spiro atoms. The molecule has 38 heavy (non-hydrogen) atoms. The van der Waals surface area contributed by atoms with Crippen LogP contribution in [0.5, 0.6) is 0 Å². The van der Waals surface area contributed by atoms with Gasteiger partial charge >= 0.3 is 0 Å². The van der Waals surface area contributed by atoms with Gasteiger partial charge in [0.05, 0.1) is 48.3 Å². The fraction of sp³-hybridized carbons (Fsp3) is 0.387. The number of ether oxygens (including phenoxy) is 2. The summed E-state index contributed by atoms with van der Waals surface area (Å²) < 4.78 is 19.3. The predicted octanol–water partition coefficient (Wildman–Crippen LogP) is 5.23. The van der Waals surface area contributed by atoms with Crippen LogP contribution in [0, 0.1) is 0 Å². The molecule has 3 aliphatic rings. The number of hydrogen-bond donors (Lipinski definition) is 1. The minimum absolute atomic E-state index is 0.0115. The third kappa shape index (κ3) is 2.44. The maximum Gasteiger partial charge on any atom is 0.252 e. The number of methoxy groups -OCH3 is 1. The molecule has 5 aromatic rings. The fourth-order valence-corrected chi connectivity index (χ4v) is 7.92. The second-order valence-corrected chi connectivity index (χ2v) is 11.9. The molecule has 0 unspecified atom stereocenters. The fourth-order valence-electron chi connectivity index (χ4n) is 7.92.